The van der Waals surface area contributed by atoms with Crippen LogP contribution in [0.4, 0.5) is 0 Å². The number of aromatic nitrogens is 1. The van der Waals surface area contributed by atoms with E-state index in [1.807, 2.05) is 36.4 Å². The smallest absolute Gasteiger partial charge is 0.104 e. The third kappa shape index (κ3) is 2.42. The van der Waals surface area contributed by atoms with Gasteiger partial charge in [0.15, 0.2) is 0 Å². The summed E-state index contributed by atoms with van der Waals surface area (Å²) >= 11 is 11.0. The van der Waals surface area contributed by atoms with E-state index in [4.69, 9.17) is 29.6 Å². The van der Waals surface area contributed by atoms with Crippen LogP contribution in [0.1, 0.15) is 11.1 Å². The largest absolute Gasteiger partial charge is 0.389 e. The monoisotopic (exact) mass is 300 g/mol. The highest BCUT2D eigenvalue weighted by Crippen LogP contribution is 2.21. The molecule has 0 spiro atoms. The minimum atomic E-state index is 0.430. The Labute approximate surface area is 127 Å². The molecule has 1 aromatic heterocycles. The molecule has 0 aliphatic rings. The van der Waals surface area contributed by atoms with Crippen molar-refractivity contribution in [2.75, 3.05) is 0 Å². The van der Waals surface area contributed by atoms with Gasteiger partial charge >= 0.3 is 0 Å². The zero-order valence-corrected chi connectivity index (χ0v) is 12.3. The number of nitrogens with two attached hydrogens (primary N) is 1. The molecule has 3 aromatic rings. The average molecular weight is 301 g/mol. The van der Waals surface area contributed by atoms with Gasteiger partial charge in [-0.1, -0.05) is 48.1 Å². The molecule has 3 rings (SSSR count). The van der Waals surface area contributed by atoms with E-state index in [-0.39, 0.29) is 0 Å². The quantitative estimate of drug-likeness (QED) is 0.742. The highest BCUT2D eigenvalue weighted by atomic mass is 35.5. The second-order valence-electron chi connectivity index (χ2n) is 4.67. The summed E-state index contributed by atoms with van der Waals surface area (Å²) in [6.45, 7) is 0.793. The number of rotatable bonds is 3. The Kier molecular flexibility index (Phi) is 3.47. The average Bonchev–Trinajstić information content (AvgIpc) is 2.84. The van der Waals surface area contributed by atoms with Gasteiger partial charge in [-0.3, -0.25) is 0 Å². The molecule has 0 aliphatic carbocycles. The van der Waals surface area contributed by atoms with Gasteiger partial charge in [-0.2, -0.15) is 0 Å². The molecule has 0 amide bonds. The number of benzene rings is 2. The molecule has 0 saturated carbocycles. The lowest BCUT2D eigenvalue weighted by molar-refractivity contribution is 0.837. The van der Waals surface area contributed by atoms with Crippen molar-refractivity contribution in [1.82, 2.24) is 4.57 Å². The molecule has 0 radical (unpaired) electrons. The lowest BCUT2D eigenvalue weighted by atomic mass is 10.1. The first-order chi connectivity index (χ1) is 9.65. The van der Waals surface area contributed by atoms with Crippen LogP contribution in [-0.2, 0) is 6.54 Å². The third-order valence-electron chi connectivity index (χ3n) is 3.35. The minimum absolute atomic E-state index is 0.430. The highest BCUT2D eigenvalue weighted by molar-refractivity contribution is 7.80. The van der Waals surface area contributed by atoms with Gasteiger partial charge in [0.25, 0.3) is 0 Å². The Morgan fingerprint density at radius 1 is 1.10 bits per heavy atom. The number of nitrogens with zero attached hydrogens (tertiary/aromatic N) is 1. The summed E-state index contributed by atoms with van der Waals surface area (Å²) in [6.07, 6.45) is 2.06. The van der Waals surface area contributed by atoms with Crippen molar-refractivity contribution in [3.63, 3.8) is 0 Å². The fourth-order valence-electron chi connectivity index (χ4n) is 2.36. The van der Waals surface area contributed by atoms with E-state index in [1.165, 1.54) is 5.56 Å². The minimum Gasteiger partial charge on any atom is -0.389 e. The molecule has 20 heavy (non-hydrogen) atoms. The van der Waals surface area contributed by atoms with Crippen molar-refractivity contribution < 1.29 is 0 Å². The van der Waals surface area contributed by atoms with Crippen molar-refractivity contribution in [2.24, 2.45) is 5.73 Å². The maximum Gasteiger partial charge on any atom is 0.104 e. The molecule has 2 aromatic carbocycles. The normalized spacial score (nSPS) is 10.8. The molecule has 2 nitrogen and oxygen atoms in total. The van der Waals surface area contributed by atoms with Crippen LogP contribution < -0.4 is 5.73 Å². The summed E-state index contributed by atoms with van der Waals surface area (Å²) in [5, 5.41) is 1.84. The number of fused-ring (bicyclic) bond motifs is 1. The van der Waals surface area contributed by atoms with E-state index in [0.717, 1.165) is 28.0 Å². The third-order valence-corrected chi connectivity index (χ3v) is 3.82. The Morgan fingerprint density at radius 3 is 2.55 bits per heavy atom. The molecular formula is C16H13ClN2S. The zero-order chi connectivity index (χ0) is 14.1. The summed E-state index contributed by atoms with van der Waals surface area (Å²) < 4.78 is 2.18. The van der Waals surface area contributed by atoms with E-state index >= 15 is 0 Å². The van der Waals surface area contributed by atoms with Crippen LogP contribution in [0.25, 0.3) is 10.9 Å². The summed E-state index contributed by atoms with van der Waals surface area (Å²) in [4.78, 5) is 0.430. The Balaban J connectivity index is 2.03. The first-order valence-electron chi connectivity index (χ1n) is 6.27. The molecule has 0 fully saturated rings. The van der Waals surface area contributed by atoms with Gasteiger partial charge in [0.05, 0.1) is 0 Å². The summed E-state index contributed by atoms with van der Waals surface area (Å²) in [5.41, 5.74) is 9.02. The SMILES string of the molecule is NC(=S)c1cccc2c1ccn2Cc1ccc(Cl)cc1. The molecule has 0 atom stereocenters. The molecule has 1 heterocycles. The van der Waals surface area contributed by atoms with Crippen molar-refractivity contribution in [1.29, 1.82) is 0 Å². The van der Waals surface area contributed by atoms with Crippen LogP contribution in [0.2, 0.25) is 5.02 Å². The van der Waals surface area contributed by atoms with Crippen molar-refractivity contribution in [2.45, 2.75) is 6.54 Å². The van der Waals surface area contributed by atoms with E-state index in [0.29, 0.717) is 4.99 Å². The van der Waals surface area contributed by atoms with Crippen LogP contribution in [0, 0.1) is 0 Å². The van der Waals surface area contributed by atoms with Crippen LogP contribution >= 0.6 is 23.8 Å². The molecule has 0 aliphatic heterocycles. The Hall–Kier alpha value is -1.84. The summed E-state index contributed by atoms with van der Waals surface area (Å²) in [5.74, 6) is 0. The van der Waals surface area contributed by atoms with Gasteiger partial charge in [0.2, 0.25) is 0 Å². The van der Waals surface area contributed by atoms with Crippen molar-refractivity contribution >= 4 is 39.7 Å². The summed E-state index contributed by atoms with van der Waals surface area (Å²) in [7, 11) is 0. The predicted molar refractivity (Wildman–Crippen MR) is 88.4 cm³/mol. The number of halogens is 1. The van der Waals surface area contributed by atoms with Gasteiger partial charge < -0.3 is 10.3 Å². The Bertz CT molecular complexity index is 775. The second-order valence-corrected chi connectivity index (χ2v) is 5.55. The standard InChI is InChI=1S/C16H13ClN2S/c17-12-6-4-11(5-7-12)10-19-9-8-13-14(16(18)20)2-1-3-15(13)19/h1-9H,10H2,(H2,18,20). The van der Waals surface area contributed by atoms with Gasteiger partial charge in [-0.05, 0) is 29.8 Å². The van der Waals surface area contributed by atoms with Gasteiger partial charge in [-0.15, -0.1) is 0 Å². The van der Waals surface area contributed by atoms with Crippen LogP contribution in [-0.4, -0.2) is 9.56 Å². The fraction of sp³-hybridized carbons (Fsp3) is 0.0625. The van der Waals surface area contributed by atoms with Crippen LogP contribution in [0.3, 0.4) is 0 Å². The van der Waals surface area contributed by atoms with Gasteiger partial charge in [0, 0.05) is 34.2 Å². The molecule has 2 N–H and O–H groups in total. The molecule has 100 valence electrons. The van der Waals surface area contributed by atoms with Crippen molar-refractivity contribution in [3.05, 3.63) is 70.9 Å². The Morgan fingerprint density at radius 2 is 1.85 bits per heavy atom. The first-order valence-corrected chi connectivity index (χ1v) is 7.06. The first kappa shape index (κ1) is 13.2. The zero-order valence-electron chi connectivity index (χ0n) is 10.7. The lowest BCUT2D eigenvalue weighted by Gasteiger charge is -2.07. The van der Waals surface area contributed by atoms with E-state index in [2.05, 4.69) is 22.9 Å². The molecular weight excluding hydrogens is 288 g/mol. The molecule has 0 saturated heterocycles. The number of hydrogen-bond acceptors (Lipinski definition) is 1. The highest BCUT2D eigenvalue weighted by Gasteiger charge is 2.07. The maximum atomic E-state index is 5.91. The van der Waals surface area contributed by atoms with Crippen LogP contribution in [0.15, 0.2) is 54.7 Å². The topological polar surface area (TPSA) is 30.9 Å². The molecule has 0 bridgehead atoms. The molecule has 4 heteroatoms. The number of hydrogen-bond donors (Lipinski definition) is 1. The second kappa shape index (κ2) is 5.27. The van der Waals surface area contributed by atoms with E-state index in [9.17, 15) is 0 Å². The number of thiocarbonyl (C=S) groups is 1. The fourth-order valence-corrected chi connectivity index (χ4v) is 2.67. The molecule has 0 unspecified atom stereocenters. The van der Waals surface area contributed by atoms with Crippen molar-refractivity contribution in [3.8, 4) is 0 Å². The lowest BCUT2D eigenvalue weighted by Crippen LogP contribution is -2.09. The van der Waals surface area contributed by atoms with E-state index in [1.54, 1.807) is 0 Å². The van der Waals surface area contributed by atoms with Gasteiger partial charge in [-0.25, -0.2) is 0 Å². The van der Waals surface area contributed by atoms with Gasteiger partial charge in [0.1, 0.15) is 4.99 Å². The van der Waals surface area contributed by atoms with Crippen LogP contribution in [0.5, 0.6) is 0 Å². The summed E-state index contributed by atoms with van der Waals surface area (Å²) in [6, 6.07) is 15.9. The predicted octanol–water partition coefficient (Wildman–Crippen LogP) is 3.98. The van der Waals surface area contributed by atoms with E-state index < -0.39 is 0 Å². The maximum absolute atomic E-state index is 5.91.